The van der Waals surface area contributed by atoms with E-state index in [1.165, 1.54) is 24.9 Å². The van der Waals surface area contributed by atoms with E-state index < -0.39 is 0 Å². The number of rotatable bonds is 6. The fourth-order valence-electron chi connectivity index (χ4n) is 3.16. The molecule has 1 unspecified atom stereocenters. The minimum absolute atomic E-state index is 0.0736. The maximum absolute atomic E-state index is 11.3. The molecule has 3 rings (SSSR count). The summed E-state index contributed by atoms with van der Waals surface area (Å²) < 4.78 is 5.80. The molecule has 1 saturated heterocycles. The molecule has 1 heterocycles. The van der Waals surface area contributed by atoms with Crippen LogP contribution in [0.25, 0.3) is 0 Å². The molecule has 1 aliphatic heterocycles. The summed E-state index contributed by atoms with van der Waals surface area (Å²) in [6, 6.07) is 16.7. The van der Waals surface area contributed by atoms with E-state index in [1.807, 2.05) is 12.1 Å². The van der Waals surface area contributed by atoms with Crippen molar-refractivity contribution >= 4 is 5.78 Å². The van der Waals surface area contributed by atoms with Crippen LogP contribution >= 0.6 is 0 Å². The van der Waals surface area contributed by atoms with E-state index in [0.29, 0.717) is 18.2 Å². The van der Waals surface area contributed by atoms with Gasteiger partial charge in [0.15, 0.2) is 5.78 Å². The van der Waals surface area contributed by atoms with Gasteiger partial charge in [0.25, 0.3) is 0 Å². The molecule has 126 valence electrons. The van der Waals surface area contributed by atoms with Crippen LogP contribution in [0.1, 0.15) is 48.2 Å². The van der Waals surface area contributed by atoms with Gasteiger partial charge in [0.05, 0.1) is 0 Å². The molecule has 0 spiro atoms. The highest BCUT2D eigenvalue weighted by Crippen LogP contribution is 2.20. The smallest absolute Gasteiger partial charge is 0.159 e. The number of carbonyl (C=O) groups excluding carboxylic acids is 1. The third-order valence-electron chi connectivity index (χ3n) is 4.77. The van der Waals surface area contributed by atoms with Gasteiger partial charge in [0.2, 0.25) is 0 Å². The first-order valence-electron chi connectivity index (χ1n) is 8.67. The Morgan fingerprint density at radius 2 is 1.75 bits per heavy atom. The number of benzene rings is 2. The number of hydrogen-bond acceptors (Lipinski definition) is 3. The maximum Gasteiger partial charge on any atom is 0.159 e. The zero-order valence-electron chi connectivity index (χ0n) is 14.5. The van der Waals surface area contributed by atoms with E-state index in [-0.39, 0.29) is 5.78 Å². The van der Waals surface area contributed by atoms with Crippen molar-refractivity contribution in [3.63, 3.8) is 0 Å². The maximum atomic E-state index is 11.3. The first-order chi connectivity index (χ1) is 11.6. The minimum Gasteiger partial charge on any atom is -0.489 e. The minimum atomic E-state index is 0.0736. The van der Waals surface area contributed by atoms with Gasteiger partial charge in [-0.2, -0.15) is 0 Å². The predicted octanol–water partition coefficient (Wildman–Crippen LogP) is 4.45. The SMILES string of the molecule is CC(=O)c1ccc(OCc2ccc(CN3CCCC3C)cc2)cc1. The van der Waals surface area contributed by atoms with Crippen molar-refractivity contribution in [3.8, 4) is 5.75 Å². The molecule has 0 aliphatic carbocycles. The third kappa shape index (κ3) is 4.24. The average Bonchev–Trinajstić information content (AvgIpc) is 2.99. The molecule has 3 heteroatoms. The standard InChI is InChI=1S/C21H25NO2/c1-16-4-3-13-22(16)14-18-5-7-19(8-6-18)15-24-21-11-9-20(10-12-21)17(2)23/h5-12,16H,3-4,13-15H2,1-2H3. The highest BCUT2D eigenvalue weighted by molar-refractivity contribution is 5.94. The first-order valence-corrected chi connectivity index (χ1v) is 8.67. The van der Waals surface area contributed by atoms with E-state index in [9.17, 15) is 4.79 Å². The van der Waals surface area contributed by atoms with Crippen LogP contribution in [0.5, 0.6) is 5.75 Å². The molecule has 2 aromatic rings. The Balaban J connectivity index is 1.53. The lowest BCUT2D eigenvalue weighted by molar-refractivity contribution is 0.101. The van der Waals surface area contributed by atoms with Gasteiger partial charge in [-0.1, -0.05) is 24.3 Å². The highest BCUT2D eigenvalue weighted by Gasteiger charge is 2.19. The van der Waals surface area contributed by atoms with Gasteiger partial charge in [-0.15, -0.1) is 0 Å². The summed E-state index contributed by atoms with van der Waals surface area (Å²) in [6.07, 6.45) is 2.63. The number of Topliss-reactive ketones (excluding diaryl/α,β-unsaturated/α-hetero) is 1. The average molecular weight is 323 g/mol. The number of nitrogens with zero attached hydrogens (tertiary/aromatic N) is 1. The fraction of sp³-hybridized carbons (Fsp3) is 0.381. The van der Waals surface area contributed by atoms with Crippen LogP contribution in [-0.2, 0) is 13.2 Å². The van der Waals surface area contributed by atoms with Gasteiger partial charge >= 0.3 is 0 Å². The Labute approximate surface area is 144 Å². The molecule has 0 N–H and O–H groups in total. The summed E-state index contributed by atoms with van der Waals surface area (Å²) in [5.41, 5.74) is 3.23. The van der Waals surface area contributed by atoms with Gasteiger partial charge in [-0.25, -0.2) is 0 Å². The second kappa shape index (κ2) is 7.63. The number of hydrogen-bond donors (Lipinski definition) is 0. The van der Waals surface area contributed by atoms with Crippen LogP contribution in [0.2, 0.25) is 0 Å². The molecular formula is C21H25NO2. The van der Waals surface area contributed by atoms with Gasteiger partial charge in [0, 0.05) is 18.2 Å². The molecule has 0 bridgehead atoms. The molecule has 0 amide bonds. The Morgan fingerprint density at radius 1 is 1.08 bits per heavy atom. The van der Waals surface area contributed by atoms with Crippen LogP contribution in [0.3, 0.4) is 0 Å². The summed E-state index contributed by atoms with van der Waals surface area (Å²) in [5.74, 6) is 0.861. The normalized spacial score (nSPS) is 17.8. The Kier molecular flexibility index (Phi) is 5.31. The topological polar surface area (TPSA) is 29.5 Å². The molecule has 0 radical (unpaired) electrons. The summed E-state index contributed by atoms with van der Waals surface area (Å²) in [4.78, 5) is 13.8. The summed E-state index contributed by atoms with van der Waals surface area (Å²) >= 11 is 0. The molecule has 1 atom stereocenters. The molecule has 3 nitrogen and oxygen atoms in total. The first kappa shape index (κ1) is 16.7. The molecule has 2 aromatic carbocycles. The predicted molar refractivity (Wildman–Crippen MR) is 96.3 cm³/mol. The van der Waals surface area contributed by atoms with Crippen LogP contribution in [0.15, 0.2) is 48.5 Å². The van der Waals surface area contributed by atoms with Crippen molar-refractivity contribution in [1.29, 1.82) is 0 Å². The molecule has 0 saturated carbocycles. The van der Waals surface area contributed by atoms with Crippen molar-refractivity contribution in [2.75, 3.05) is 6.54 Å². The second-order valence-corrected chi connectivity index (χ2v) is 6.65. The lowest BCUT2D eigenvalue weighted by Gasteiger charge is -2.21. The number of likely N-dealkylation sites (tertiary alicyclic amines) is 1. The summed E-state index contributed by atoms with van der Waals surface area (Å²) in [6.45, 7) is 6.67. The quantitative estimate of drug-likeness (QED) is 0.735. The summed E-state index contributed by atoms with van der Waals surface area (Å²) in [5, 5.41) is 0. The summed E-state index contributed by atoms with van der Waals surface area (Å²) in [7, 11) is 0. The Hall–Kier alpha value is -2.13. The van der Waals surface area contributed by atoms with Crippen LogP contribution in [0, 0.1) is 0 Å². The van der Waals surface area contributed by atoms with E-state index in [4.69, 9.17) is 4.74 Å². The van der Waals surface area contributed by atoms with Crippen molar-refractivity contribution in [2.24, 2.45) is 0 Å². The van der Waals surface area contributed by atoms with E-state index in [1.54, 1.807) is 19.1 Å². The Morgan fingerprint density at radius 3 is 2.33 bits per heavy atom. The van der Waals surface area contributed by atoms with Gasteiger partial charge in [-0.05, 0) is 68.6 Å². The molecule has 24 heavy (non-hydrogen) atoms. The number of ketones is 1. The van der Waals surface area contributed by atoms with Crippen LogP contribution in [0.4, 0.5) is 0 Å². The monoisotopic (exact) mass is 323 g/mol. The van der Waals surface area contributed by atoms with Gasteiger partial charge in [0.1, 0.15) is 12.4 Å². The third-order valence-corrected chi connectivity index (χ3v) is 4.77. The zero-order valence-corrected chi connectivity index (χ0v) is 14.5. The van der Waals surface area contributed by atoms with Crippen molar-refractivity contribution in [3.05, 3.63) is 65.2 Å². The van der Waals surface area contributed by atoms with E-state index in [2.05, 4.69) is 36.1 Å². The van der Waals surface area contributed by atoms with E-state index in [0.717, 1.165) is 17.9 Å². The molecule has 0 aromatic heterocycles. The number of ether oxygens (including phenoxy) is 1. The lowest BCUT2D eigenvalue weighted by Crippen LogP contribution is -2.26. The van der Waals surface area contributed by atoms with Crippen molar-refractivity contribution in [1.82, 2.24) is 4.90 Å². The number of carbonyl (C=O) groups is 1. The highest BCUT2D eigenvalue weighted by atomic mass is 16.5. The molecule has 1 fully saturated rings. The lowest BCUT2D eigenvalue weighted by atomic mass is 10.1. The van der Waals surface area contributed by atoms with Crippen molar-refractivity contribution < 1.29 is 9.53 Å². The zero-order chi connectivity index (χ0) is 16.9. The Bertz CT molecular complexity index is 676. The van der Waals surface area contributed by atoms with Gasteiger partial charge < -0.3 is 4.74 Å². The molecular weight excluding hydrogens is 298 g/mol. The van der Waals surface area contributed by atoms with Crippen molar-refractivity contribution in [2.45, 2.75) is 45.9 Å². The fourth-order valence-corrected chi connectivity index (χ4v) is 3.16. The van der Waals surface area contributed by atoms with E-state index >= 15 is 0 Å². The second-order valence-electron chi connectivity index (χ2n) is 6.65. The van der Waals surface area contributed by atoms with Crippen LogP contribution < -0.4 is 4.74 Å². The van der Waals surface area contributed by atoms with Gasteiger partial charge in [-0.3, -0.25) is 9.69 Å². The molecule has 1 aliphatic rings. The van der Waals surface area contributed by atoms with Crippen LogP contribution in [-0.4, -0.2) is 23.3 Å². The largest absolute Gasteiger partial charge is 0.489 e.